The lowest BCUT2D eigenvalue weighted by Gasteiger charge is -2.41. The molecule has 2 rings (SSSR count). The van der Waals surface area contributed by atoms with Gasteiger partial charge in [0, 0.05) is 31.2 Å². The summed E-state index contributed by atoms with van der Waals surface area (Å²) >= 11 is 0. The Kier molecular flexibility index (Phi) is 4.59. The van der Waals surface area contributed by atoms with E-state index in [1.807, 2.05) is 0 Å². The number of likely N-dealkylation sites (tertiary alicyclic amines) is 2. The van der Waals surface area contributed by atoms with Crippen LogP contribution in [-0.2, 0) is 0 Å². The van der Waals surface area contributed by atoms with E-state index in [9.17, 15) is 0 Å². The fourth-order valence-corrected chi connectivity index (χ4v) is 3.78. The van der Waals surface area contributed by atoms with Crippen LogP contribution in [0, 0.1) is 5.41 Å². The molecule has 2 saturated heterocycles. The van der Waals surface area contributed by atoms with Crippen LogP contribution in [0.1, 0.15) is 53.4 Å². The molecule has 0 spiro atoms. The summed E-state index contributed by atoms with van der Waals surface area (Å²) in [6.07, 6.45) is 5.26. The highest BCUT2D eigenvalue weighted by Gasteiger charge is 2.43. The maximum Gasteiger partial charge on any atom is 0.0470 e. The highest BCUT2D eigenvalue weighted by molar-refractivity contribution is 5.01. The van der Waals surface area contributed by atoms with Crippen molar-refractivity contribution in [3.8, 4) is 0 Å². The third kappa shape index (κ3) is 3.32. The molecule has 19 heavy (non-hydrogen) atoms. The Morgan fingerprint density at radius 1 is 1.05 bits per heavy atom. The van der Waals surface area contributed by atoms with Gasteiger partial charge in [0.15, 0.2) is 0 Å². The van der Waals surface area contributed by atoms with E-state index in [2.05, 4.69) is 37.5 Å². The minimum atomic E-state index is 0.255. The molecule has 1 unspecified atom stereocenters. The minimum Gasteiger partial charge on any atom is -0.329 e. The van der Waals surface area contributed by atoms with Crippen molar-refractivity contribution < 1.29 is 0 Å². The molecule has 3 heteroatoms. The van der Waals surface area contributed by atoms with Crippen LogP contribution in [0.5, 0.6) is 0 Å². The van der Waals surface area contributed by atoms with Gasteiger partial charge in [-0.15, -0.1) is 0 Å². The molecule has 0 amide bonds. The first-order valence-corrected chi connectivity index (χ1v) is 8.08. The van der Waals surface area contributed by atoms with Crippen molar-refractivity contribution in [1.82, 2.24) is 9.80 Å². The van der Waals surface area contributed by atoms with Gasteiger partial charge in [0.25, 0.3) is 0 Å². The van der Waals surface area contributed by atoms with E-state index in [1.54, 1.807) is 0 Å². The summed E-state index contributed by atoms with van der Waals surface area (Å²) in [5.41, 5.74) is 6.98. The van der Waals surface area contributed by atoms with E-state index in [0.717, 1.165) is 6.54 Å². The van der Waals surface area contributed by atoms with Crippen LogP contribution in [0.4, 0.5) is 0 Å². The molecule has 0 radical (unpaired) electrons. The molecule has 112 valence electrons. The lowest BCUT2D eigenvalue weighted by molar-refractivity contribution is 0.0944. The van der Waals surface area contributed by atoms with Crippen LogP contribution >= 0.6 is 0 Å². The fourth-order valence-electron chi connectivity index (χ4n) is 3.78. The van der Waals surface area contributed by atoms with Crippen LogP contribution in [-0.4, -0.2) is 54.1 Å². The zero-order valence-corrected chi connectivity index (χ0v) is 13.4. The molecule has 2 heterocycles. The van der Waals surface area contributed by atoms with Crippen molar-refractivity contribution in [3.63, 3.8) is 0 Å². The van der Waals surface area contributed by atoms with Gasteiger partial charge in [-0.2, -0.15) is 0 Å². The average molecular weight is 267 g/mol. The smallest absolute Gasteiger partial charge is 0.0470 e. The van der Waals surface area contributed by atoms with E-state index >= 15 is 0 Å². The third-order valence-corrected chi connectivity index (χ3v) is 5.48. The average Bonchev–Trinajstić information content (AvgIpc) is 2.71. The standard InChI is InChI=1S/C16H33N3/c1-14(2)18-10-8-16(12-17,13-18)19-9-5-6-15(3,4)7-11-19/h14H,5-13,17H2,1-4H3. The van der Waals surface area contributed by atoms with Gasteiger partial charge in [0.2, 0.25) is 0 Å². The van der Waals surface area contributed by atoms with Gasteiger partial charge in [0.1, 0.15) is 0 Å². The molecule has 0 aromatic carbocycles. The van der Waals surface area contributed by atoms with E-state index in [0.29, 0.717) is 11.5 Å². The summed E-state index contributed by atoms with van der Waals surface area (Å²) < 4.78 is 0. The molecular weight excluding hydrogens is 234 g/mol. The van der Waals surface area contributed by atoms with Gasteiger partial charge in [-0.05, 0) is 58.0 Å². The largest absolute Gasteiger partial charge is 0.329 e. The number of rotatable bonds is 3. The maximum atomic E-state index is 6.21. The third-order valence-electron chi connectivity index (χ3n) is 5.48. The monoisotopic (exact) mass is 267 g/mol. The Morgan fingerprint density at radius 3 is 2.37 bits per heavy atom. The highest BCUT2D eigenvalue weighted by Crippen LogP contribution is 2.35. The van der Waals surface area contributed by atoms with Crippen molar-refractivity contribution >= 4 is 0 Å². The molecule has 0 aromatic rings. The Labute approximate surface area is 119 Å². The summed E-state index contributed by atoms with van der Waals surface area (Å²) in [6, 6.07) is 0.650. The van der Waals surface area contributed by atoms with Crippen LogP contribution < -0.4 is 5.73 Å². The van der Waals surface area contributed by atoms with E-state index in [-0.39, 0.29) is 5.54 Å². The first kappa shape index (κ1) is 15.3. The van der Waals surface area contributed by atoms with Crippen LogP contribution in [0.25, 0.3) is 0 Å². The van der Waals surface area contributed by atoms with Crippen molar-refractivity contribution in [3.05, 3.63) is 0 Å². The molecule has 2 aliphatic rings. The Balaban J connectivity index is 2.06. The second kappa shape index (κ2) is 5.71. The number of nitrogens with zero attached hydrogens (tertiary/aromatic N) is 2. The SMILES string of the molecule is CC(C)N1CCC(CN)(N2CCCC(C)(C)CC2)C1. The minimum absolute atomic E-state index is 0.255. The van der Waals surface area contributed by atoms with Gasteiger partial charge in [-0.3, -0.25) is 9.80 Å². The Bertz CT molecular complexity index is 300. The molecule has 3 nitrogen and oxygen atoms in total. The molecular formula is C16H33N3. The Hall–Kier alpha value is -0.120. The predicted molar refractivity (Wildman–Crippen MR) is 82.3 cm³/mol. The van der Waals surface area contributed by atoms with Crippen LogP contribution in [0.3, 0.4) is 0 Å². The maximum absolute atomic E-state index is 6.21. The van der Waals surface area contributed by atoms with E-state index in [1.165, 1.54) is 51.9 Å². The quantitative estimate of drug-likeness (QED) is 0.852. The summed E-state index contributed by atoms with van der Waals surface area (Å²) in [5.74, 6) is 0. The molecule has 2 fully saturated rings. The highest BCUT2D eigenvalue weighted by atomic mass is 15.3. The molecule has 1 atom stereocenters. The predicted octanol–water partition coefficient (Wildman–Crippen LogP) is 2.31. The lowest BCUT2D eigenvalue weighted by atomic mass is 9.85. The lowest BCUT2D eigenvalue weighted by Crippen LogP contribution is -2.56. The molecule has 0 bridgehead atoms. The van der Waals surface area contributed by atoms with E-state index < -0.39 is 0 Å². The molecule has 0 aromatic heterocycles. The normalized spacial score (nSPS) is 33.8. The second-order valence-corrected chi connectivity index (χ2v) is 7.75. The van der Waals surface area contributed by atoms with Crippen molar-refractivity contribution in [2.24, 2.45) is 11.1 Å². The van der Waals surface area contributed by atoms with Crippen LogP contribution in [0.15, 0.2) is 0 Å². The Morgan fingerprint density at radius 2 is 1.79 bits per heavy atom. The topological polar surface area (TPSA) is 32.5 Å². The molecule has 0 saturated carbocycles. The summed E-state index contributed by atoms with van der Waals surface area (Å²) in [7, 11) is 0. The number of nitrogens with two attached hydrogens (primary N) is 1. The second-order valence-electron chi connectivity index (χ2n) is 7.75. The summed E-state index contributed by atoms with van der Waals surface area (Å²) in [4.78, 5) is 5.33. The van der Waals surface area contributed by atoms with Crippen molar-refractivity contribution in [1.29, 1.82) is 0 Å². The van der Waals surface area contributed by atoms with Gasteiger partial charge < -0.3 is 5.73 Å². The first-order chi connectivity index (χ1) is 8.88. The van der Waals surface area contributed by atoms with Gasteiger partial charge in [-0.1, -0.05) is 13.8 Å². The van der Waals surface area contributed by atoms with Crippen molar-refractivity contribution in [2.45, 2.75) is 65.0 Å². The molecule has 0 aliphatic carbocycles. The van der Waals surface area contributed by atoms with E-state index in [4.69, 9.17) is 5.73 Å². The number of hydrogen-bond donors (Lipinski definition) is 1. The van der Waals surface area contributed by atoms with Crippen LogP contribution in [0.2, 0.25) is 0 Å². The zero-order chi connectivity index (χ0) is 14.1. The summed E-state index contributed by atoms with van der Waals surface area (Å²) in [5, 5.41) is 0. The fraction of sp³-hybridized carbons (Fsp3) is 1.00. The van der Waals surface area contributed by atoms with Gasteiger partial charge >= 0.3 is 0 Å². The zero-order valence-electron chi connectivity index (χ0n) is 13.4. The number of hydrogen-bond acceptors (Lipinski definition) is 3. The van der Waals surface area contributed by atoms with Gasteiger partial charge in [-0.25, -0.2) is 0 Å². The molecule has 2 aliphatic heterocycles. The summed E-state index contributed by atoms with van der Waals surface area (Å²) in [6.45, 7) is 15.1. The van der Waals surface area contributed by atoms with Gasteiger partial charge in [0.05, 0.1) is 0 Å². The first-order valence-electron chi connectivity index (χ1n) is 8.08. The van der Waals surface area contributed by atoms with Crippen molar-refractivity contribution in [2.75, 3.05) is 32.7 Å². The molecule has 2 N–H and O–H groups in total.